The van der Waals surface area contributed by atoms with Crippen LogP contribution in [0.2, 0.25) is 17.3 Å². The molecule has 0 spiro atoms. The number of hydrogen-bond acceptors (Lipinski definition) is 4. The van der Waals surface area contributed by atoms with E-state index in [1.54, 1.807) is 6.07 Å². The van der Waals surface area contributed by atoms with E-state index in [0.717, 1.165) is 52.0 Å². The maximum Gasteiger partial charge on any atom is 0 e. The molecule has 0 saturated heterocycles. The van der Waals surface area contributed by atoms with Gasteiger partial charge in [-0.3, -0.25) is 0 Å². The fourth-order valence-corrected chi connectivity index (χ4v) is 12.4. The molecule has 305 valence electrons. The fourth-order valence-electron chi connectivity index (χ4n) is 9.06. The van der Waals surface area contributed by atoms with Crippen LogP contribution >= 0.6 is 0 Å². The smallest absolute Gasteiger partial charge is 0 e. The minimum absolute atomic E-state index is 0. The molecule has 2 saturated carbocycles. The Morgan fingerprint density at radius 3 is 2.36 bits per heavy atom. The number of nitrogens with zero attached hydrogens (tertiary/aromatic N) is 3. The van der Waals surface area contributed by atoms with E-state index in [1.807, 2.05) is 18.3 Å². The third kappa shape index (κ3) is 10.9. The van der Waals surface area contributed by atoms with Crippen molar-refractivity contribution in [1.29, 1.82) is 0 Å². The Balaban J connectivity index is 0.000000207. The van der Waals surface area contributed by atoms with Crippen LogP contribution in [0.4, 0.5) is 4.39 Å². The maximum atomic E-state index is 13.5. The van der Waals surface area contributed by atoms with Crippen LogP contribution in [0.1, 0.15) is 104 Å². The van der Waals surface area contributed by atoms with Gasteiger partial charge in [-0.05, 0) is 73.0 Å². The molecule has 2 aliphatic carbocycles. The van der Waals surface area contributed by atoms with Crippen molar-refractivity contribution in [2.75, 3.05) is 6.61 Å². The summed E-state index contributed by atoms with van der Waals surface area (Å²) in [6.45, 7) is 7.15. The summed E-state index contributed by atoms with van der Waals surface area (Å²) in [7, 11) is 0. The molecule has 1 atom stereocenters. The molecule has 0 N–H and O–H groups in total. The van der Waals surface area contributed by atoms with Gasteiger partial charge in [-0.25, -0.2) is 4.98 Å². The van der Waals surface area contributed by atoms with Gasteiger partial charge in [-0.1, -0.05) is 67.7 Å². The first-order valence-corrected chi connectivity index (χ1v) is 28.5. The summed E-state index contributed by atoms with van der Waals surface area (Å²) in [4.78, 5) is 14.0. The zero-order valence-corrected chi connectivity index (χ0v) is 39.6. The number of pyridine rings is 3. The summed E-state index contributed by atoms with van der Waals surface area (Å²) in [6.07, 6.45) is 24.7. The molecule has 0 bridgehead atoms. The van der Waals surface area contributed by atoms with E-state index >= 15 is 0 Å². The summed E-state index contributed by atoms with van der Waals surface area (Å²) in [5, 5.41) is 0. The van der Waals surface area contributed by atoms with Gasteiger partial charge >= 0.3 is 141 Å². The van der Waals surface area contributed by atoms with Gasteiger partial charge in [0.15, 0.2) is 0 Å². The van der Waals surface area contributed by atoms with Crippen molar-refractivity contribution in [3.63, 3.8) is 0 Å². The van der Waals surface area contributed by atoms with Gasteiger partial charge in [-0.2, -0.15) is 18.2 Å². The van der Waals surface area contributed by atoms with Crippen molar-refractivity contribution in [3.8, 4) is 28.4 Å². The number of aryl methyl sites for hydroxylation is 2. The first-order chi connectivity index (χ1) is 27.5. The molecule has 3 aliphatic rings. The molecule has 7 heteroatoms. The first-order valence-electron chi connectivity index (χ1n) is 21.2. The van der Waals surface area contributed by atoms with Crippen LogP contribution in [-0.4, -0.2) is 34.8 Å². The number of ether oxygens (including phenoxy) is 1. The molecule has 4 heterocycles. The Bertz CT molecular complexity index is 2210. The standard InChI is InChI=1S/C31H33N2O.C20H25FGeN.Ir/c1-21-9-7-10-22(2)30(21)29-16-15-28-26(20-34-31(28)33-29)13-8-14-27-19-25(17-18-32-27)23(3)24-11-5-4-6-12-24;1-22(2,3)19-14-23-20(16-9-6-10-18(21)12-16)13-17(19)11-15-7-4-5-8-15;/h7,9-10,13-19,23-24H,4-6,11-12,20H2,1-3H3;6,10,12-15H,4-5,7-8,11H2,1-3H3;/q2*-1;/b26-13+;;. The average molecular weight is 1010 g/mol. The van der Waals surface area contributed by atoms with Crippen LogP contribution in [0.25, 0.3) is 34.2 Å². The number of hydrogen-bond donors (Lipinski definition) is 0. The van der Waals surface area contributed by atoms with Gasteiger partial charge in [0.05, 0.1) is 12.3 Å². The van der Waals surface area contributed by atoms with Gasteiger partial charge in [0.1, 0.15) is 0 Å². The van der Waals surface area contributed by atoms with Crippen molar-refractivity contribution in [2.24, 2.45) is 11.8 Å². The summed E-state index contributed by atoms with van der Waals surface area (Å²) in [6, 6.07) is 24.9. The van der Waals surface area contributed by atoms with Gasteiger partial charge < -0.3 is 9.72 Å². The van der Waals surface area contributed by atoms with E-state index in [-0.39, 0.29) is 25.9 Å². The van der Waals surface area contributed by atoms with Crippen LogP contribution in [0.15, 0.2) is 85.2 Å². The predicted octanol–water partition coefficient (Wildman–Crippen LogP) is 12.7. The summed E-state index contributed by atoms with van der Waals surface area (Å²) in [5.41, 5.74) is 12.2. The Labute approximate surface area is 363 Å². The zero-order valence-electron chi connectivity index (χ0n) is 35.1. The van der Waals surface area contributed by atoms with E-state index in [1.165, 1.54) is 102 Å². The Morgan fingerprint density at radius 2 is 1.64 bits per heavy atom. The molecule has 1 aliphatic heterocycles. The molecule has 58 heavy (non-hydrogen) atoms. The maximum absolute atomic E-state index is 13.5. The molecule has 3 aromatic heterocycles. The van der Waals surface area contributed by atoms with Gasteiger partial charge in [-0.15, -0.1) is 0 Å². The Morgan fingerprint density at radius 1 is 0.897 bits per heavy atom. The topological polar surface area (TPSA) is 47.9 Å². The van der Waals surface area contributed by atoms with E-state index in [0.29, 0.717) is 18.4 Å². The van der Waals surface area contributed by atoms with E-state index in [9.17, 15) is 4.39 Å². The van der Waals surface area contributed by atoms with Gasteiger partial charge in [0.25, 0.3) is 0 Å². The molecule has 2 fully saturated rings. The molecule has 1 unspecified atom stereocenters. The van der Waals surface area contributed by atoms with Crippen LogP contribution in [-0.2, 0) is 26.5 Å². The number of halogens is 1. The first kappa shape index (κ1) is 43.9. The summed E-state index contributed by atoms with van der Waals surface area (Å²) in [5.74, 6) is 9.93. The molecule has 4 nitrogen and oxygen atoms in total. The number of rotatable bonds is 9. The third-order valence-corrected chi connectivity index (χ3v) is 16.6. The summed E-state index contributed by atoms with van der Waals surface area (Å²) >= 11 is -1.96. The molecule has 5 aromatic rings. The molecule has 2 aromatic carbocycles. The van der Waals surface area contributed by atoms with Crippen LogP contribution in [0.3, 0.4) is 0 Å². The SMILES string of the molecule is Cc1cccc(C)c1-c1ccc2c(n1)OC/C2=C\[C-]=Cc1cc(C(C)C2CCCCC2)ccn1.[CH3][Ge]([CH3])([CH3])[c]1cnc(-c2[c-]ccc(F)c2)cc1CC1CCCC1.[Ir]. The normalized spacial score (nSPS) is 17.1. The molecule has 0 amide bonds. The number of allylic oxidation sites excluding steroid dienone is 2. The van der Waals surface area contributed by atoms with Crippen molar-refractivity contribution in [2.45, 2.75) is 108 Å². The molecular formula is C51H58FGeIrN3O-2. The van der Waals surface area contributed by atoms with Crippen molar-refractivity contribution in [1.82, 2.24) is 15.0 Å². The van der Waals surface area contributed by atoms with E-state index in [2.05, 4.69) is 115 Å². The second kappa shape index (κ2) is 20.0. The van der Waals surface area contributed by atoms with Crippen molar-refractivity contribution < 1.29 is 29.2 Å². The molecule has 8 rings (SSSR count). The molecule has 1 radical (unpaired) electrons. The number of benzene rings is 2. The van der Waals surface area contributed by atoms with Crippen molar-refractivity contribution in [3.05, 3.63) is 137 Å². The van der Waals surface area contributed by atoms with Crippen LogP contribution in [0, 0.1) is 43.6 Å². The Kier molecular flexibility index (Phi) is 15.1. The zero-order chi connectivity index (χ0) is 39.9. The second-order valence-corrected chi connectivity index (χ2v) is 28.1. The van der Waals surface area contributed by atoms with E-state index < -0.39 is 13.3 Å². The Hall–Kier alpha value is -3.71. The molecular weight excluding hydrogens is 954 g/mol. The average Bonchev–Trinajstić information content (AvgIpc) is 3.88. The third-order valence-electron chi connectivity index (χ3n) is 12.3. The predicted molar refractivity (Wildman–Crippen MR) is 237 cm³/mol. The van der Waals surface area contributed by atoms with Crippen molar-refractivity contribution >= 4 is 29.3 Å². The number of fused-ring (bicyclic) bond motifs is 1. The summed E-state index contributed by atoms with van der Waals surface area (Å²) < 4.78 is 20.9. The minimum Gasteiger partial charge on any atom is 0 e. The monoisotopic (exact) mass is 1010 g/mol. The second-order valence-electron chi connectivity index (χ2n) is 17.5. The van der Waals surface area contributed by atoms with Gasteiger partial charge in [0, 0.05) is 31.9 Å². The van der Waals surface area contributed by atoms with Crippen LogP contribution in [0.5, 0.6) is 5.88 Å². The minimum atomic E-state index is -1.96. The van der Waals surface area contributed by atoms with Crippen LogP contribution < -0.4 is 9.13 Å². The largest absolute Gasteiger partial charge is 0 e. The quantitative estimate of drug-likeness (QED) is 0.109. The fraction of sp³-hybridized carbons (Fsp3) is 0.392. The number of aromatic nitrogens is 3. The van der Waals surface area contributed by atoms with Gasteiger partial charge in [0.2, 0.25) is 5.88 Å². The van der Waals surface area contributed by atoms with E-state index in [4.69, 9.17) is 9.72 Å².